The van der Waals surface area contributed by atoms with E-state index in [9.17, 15) is 4.79 Å². The predicted octanol–water partition coefficient (Wildman–Crippen LogP) is 0.547. The monoisotopic (exact) mass is 157 g/mol. The second kappa shape index (κ2) is 3.72. The van der Waals surface area contributed by atoms with Crippen molar-refractivity contribution < 1.29 is 9.53 Å². The number of hydrogen-bond acceptors (Lipinski definition) is 3. The first-order valence-corrected chi connectivity index (χ1v) is 4.05. The van der Waals surface area contributed by atoms with Crippen molar-refractivity contribution in [1.29, 1.82) is 0 Å². The fourth-order valence-corrected chi connectivity index (χ4v) is 1.37. The molecule has 1 aliphatic rings. The Bertz CT molecular complexity index is 139. The molecule has 0 aromatic carbocycles. The summed E-state index contributed by atoms with van der Waals surface area (Å²) in [7, 11) is 1.44. The molecule has 2 atom stereocenters. The number of esters is 1. The molecule has 0 bridgehead atoms. The summed E-state index contributed by atoms with van der Waals surface area (Å²) in [5, 5.41) is 3.25. The molecule has 0 spiro atoms. The van der Waals surface area contributed by atoms with Gasteiger partial charge in [-0.15, -0.1) is 0 Å². The van der Waals surface area contributed by atoms with E-state index in [1.807, 2.05) is 0 Å². The van der Waals surface area contributed by atoms with Gasteiger partial charge in [0.1, 0.15) is 0 Å². The number of nitrogens with one attached hydrogen (secondary N) is 1. The van der Waals surface area contributed by atoms with Gasteiger partial charge in [-0.1, -0.05) is 0 Å². The van der Waals surface area contributed by atoms with E-state index < -0.39 is 0 Å². The molecule has 1 heterocycles. The van der Waals surface area contributed by atoms with Crippen molar-refractivity contribution in [3.05, 3.63) is 0 Å². The van der Waals surface area contributed by atoms with Crippen LogP contribution in [0.5, 0.6) is 0 Å². The van der Waals surface area contributed by atoms with E-state index in [-0.39, 0.29) is 11.9 Å². The molecule has 0 radical (unpaired) electrons. The number of methoxy groups -OCH3 is 1. The molecule has 1 N–H and O–H groups in total. The average molecular weight is 157 g/mol. The molecule has 0 aromatic heterocycles. The van der Waals surface area contributed by atoms with Crippen molar-refractivity contribution in [2.75, 3.05) is 13.7 Å². The summed E-state index contributed by atoms with van der Waals surface area (Å²) in [4.78, 5) is 11.0. The maximum absolute atomic E-state index is 11.0. The molecule has 64 valence electrons. The van der Waals surface area contributed by atoms with Crippen molar-refractivity contribution in [2.45, 2.75) is 25.8 Å². The van der Waals surface area contributed by atoms with Crippen LogP contribution in [0.1, 0.15) is 19.8 Å². The highest BCUT2D eigenvalue weighted by Crippen LogP contribution is 2.14. The van der Waals surface area contributed by atoms with E-state index in [0.717, 1.165) is 19.4 Å². The molecule has 3 heteroatoms. The zero-order valence-corrected chi connectivity index (χ0v) is 7.09. The molecule has 0 aromatic rings. The first-order chi connectivity index (χ1) is 5.24. The minimum Gasteiger partial charge on any atom is -0.469 e. The molecule has 1 aliphatic heterocycles. The smallest absolute Gasteiger partial charge is 0.309 e. The van der Waals surface area contributed by atoms with E-state index in [1.165, 1.54) is 7.11 Å². The highest BCUT2D eigenvalue weighted by atomic mass is 16.5. The Morgan fingerprint density at radius 2 is 2.27 bits per heavy atom. The van der Waals surface area contributed by atoms with Gasteiger partial charge in [0.05, 0.1) is 13.0 Å². The van der Waals surface area contributed by atoms with Crippen molar-refractivity contribution in [2.24, 2.45) is 5.92 Å². The Balaban J connectivity index is 2.33. The lowest BCUT2D eigenvalue weighted by molar-refractivity contribution is -0.146. The minimum absolute atomic E-state index is 0.0793. The summed E-state index contributed by atoms with van der Waals surface area (Å²) in [6.07, 6.45) is 2.03. The SMILES string of the molecule is COC(=O)[C@@H]1CC[C@@H](C)NC1. The van der Waals surface area contributed by atoms with Gasteiger partial charge in [0.25, 0.3) is 0 Å². The normalized spacial score (nSPS) is 31.5. The molecule has 3 nitrogen and oxygen atoms in total. The van der Waals surface area contributed by atoms with Crippen molar-refractivity contribution in [3.8, 4) is 0 Å². The molecular weight excluding hydrogens is 142 g/mol. The molecule has 0 unspecified atom stereocenters. The van der Waals surface area contributed by atoms with Crippen LogP contribution in [0.25, 0.3) is 0 Å². The van der Waals surface area contributed by atoms with Crippen LogP contribution in [-0.2, 0) is 9.53 Å². The van der Waals surface area contributed by atoms with Gasteiger partial charge in [-0.3, -0.25) is 4.79 Å². The summed E-state index contributed by atoms with van der Waals surface area (Å²) in [6.45, 7) is 2.90. The van der Waals surface area contributed by atoms with Crippen LogP contribution < -0.4 is 5.32 Å². The zero-order valence-electron chi connectivity index (χ0n) is 7.09. The maximum atomic E-state index is 11.0. The molecule has 1 saturated heterocycles. The predicted molar refractivity (Wildman–Crippen MR) is 42.2 cm³/mol. The second-order valence-corrected chi connectivity index (χ2v) is 3.11. The average Bonchev–Trinajstić information content (AvgIpc) is 2.05. The third kappa shape index (κ3) is 2.19. The van der Waals surface area contributed by atoms with Crippen LogP contribution in [0.2, 0.25) is 0 Å². The van der Waals surface area contributed by atoms with Gasteiger partial charge in [0.2, 0.25) is 0 Å². The van der Waals surface area contributed by atoms with E-state index in [1.54, 1.807) is 0 Å². The summed E-state index contributed by atoms with van der Waals surface area (Å²) in [5.41, 5.74) is 0. The topological polar surface area (TPSA) is 38.3 Å². The first kappa shape index (κ1) is 8.53. The fraction of sp³-hybridized carbons (Fsp3) is 0.875. The summed E-state index contributed by atoms with van der Waals surface area (Å²) >= 11 is 0. The first-order valence-electron chi connectivity index (χ1n) is 4.05. The largest absolute Gasteiger partial charge is 0.469 e. The number of rotatable bonds is 1. The standard InChI is InChI=1S/C8H15NO2/c1-6-3-4-7(5-9-6)8(10)11-2/h6-7,9H,3-5H2,1-2H3/t6-,7-/m1/s1. The summed E-state index contributed by atoms with van der Waals surface area (Å²) < 4.78 is 4.65. The van der Waals surface area contributed by atoms with Crippen LogP contribution in [-0.4, -0.2) is 25.7 Å². The Hall–Kier alpha value is -0.570. The maximum Gasteiger partial charge on any atom is 0.309 e. The van der Waals surface area contributed by atoms with Gasteiger partial charge in [-0.2, -0.15) is 0 Å². The van der Waals surface area contributed by atoms with E-state index in [4.69, 9.17) is 0 Å². The lowest BCUT2D eigenvalue weighted by Crippen LogP contribution is -2.40. The number of piperidine rings is 1. The molecule has 1 fully saturated rings. The van der Waals surface area contributed by atoms with Gasteiger partial charge in [0.15, 0.2) is 0 Å². The Labute approximate surface area is 67.1 Å². The van der Waals surface area contributed by atoms with Gasteiger partial charge < -0.3 is 10.1 Å². The van der Waals surface area contributed by atoms with Crippen molar-refractivity contribution in [1.82, 2.24) is 5.32 Å². The van der Waals surface area contributed by atoms with Crippen LogP contribution in [0.4, 0.5) is 0 Å². The third-order valence-electron chi connectivity index (χ3n) is 2.20. The van der Waals surface area contributed by atoms with Gasteiger partial charge in [0, 0.05) is 12.6 Å². The van der Waals surface area contributed by atoms with Crippen LogP contribution in [0.15, 0.2) is 0 Å². The van der Waals surface area contributed by atoms with E-state index >= 15 is 0 Å². The van der Waals surface area contributed by atoms with Crippen LogP contribution >= 0.6 is 0 Å². The quantitative estimate of drug-likeness (QED) is 0.565. The second-order valence-electron chi connectivity index (χ2n) is 3.11. The van der Waals surface area contributed by atoms with E-state index in [0.29, 0.717) is 6.04 Å². The minimum atomic E-state index is -0.0793. The van der Waals surface area contributed by atoms with E-state index in [2.05, 4.69) is 17.0 Å². The van der Waals surface area contributed by atoms with Gasteiger partial charge >= 0.3 is 5.97 Å². The lowest BCUT2D eigenvalue weighted by atomic mass is 9.96. The Morgan fingerprint density at radius 3 is 2.73 bits per heavy atom. The highest BCUT2D eigenvalue weighted by molar-refractivity contribution is 5.72. The molecule has 0 amide bonds. The molecule has 0 saturated carbocycles. The Morgan fingerprint density at radius 1 is 1.55 bits per heavy atom. The highest BCUT2D eigenvalue weighted by Gasteiger charge is 2.23. The molecule has 0 aliphatic carbocycles. The number of ether oxygens (including phenoxy) is 1. The molecule has 1 rings (SSSR count). The zero-order chi connectivity index (χ0) is 8.27. The molecule has 11 heavy (non-hydrogen) atoms. The van der Waals surface area contributed by atoms with Crippen LogP contribution in [0, 0.1) is 5.92 Å². The number of carbonyl (C=O) groups is 1. The molecular formula is C8H15NO2. The third-order valence-corrected chi connectivity index (χ3v) is 2.20. The van der Waals surface area contributed by atoms with Crippen molar-refractivity contribution >= 4 is 5.97 Å². The van der Waals surface area contributed by atoms with Gasteiger partial charge in [-0.05, 0) is 19.8 Å². The summed E-state index contributed by atoms with van der Waals surface area (Å²) in [6, 6.07) is 0.552. The number of hydrogen-bond donors (Lipinski definition) is 1. The van der Waals surface area contributed by atoms with Crippen molar-refractivity contribution in [3.63, 3.8) is 0 Å². The summed E-state index contributed by atoms with van der Waals surface area (Å²) in [5.74, 6) is 0.000556. The fourth-order valence-electron chi connectivity index (χ4n) is 1.37. The lowest BCUT2D eigenvalue weighted by Gasteiger charge is -2.25. The number of carbonyl (C=O) groups excluding carboxylic acids is 1. The Kier molecular flexibility index (Phi) is 2.88. The van der Waals surface area contributed by atoms with Gasteiger partial charge in [-0.25, -0.2) is 0 Å². The van der Waals surface area contributed by atoms with Crippen LogP contribution in [0.3, 0.4) is 0 Å².